The number of fused-ring (bicyclic) bond motifs is 1. The summed E-state index contributed by atoms with van der Waals surface area (Å²) in [4.78, 5) is 16.0. The van der Waals surface area contributed by atoms with E-state index >= 15 is 0 Å². The van der Waals surface area contributed by atoms with E-state index < -0.39 is 0 Å². The second-order valence-corrected chi connectivity index (χ2v) is 7.33. The summed E-state index contributed by atoms with van der Waals surface area (Å²) in [6.45, 7) is 3.55. The molecule has 2 aromatic heterocycles. The molecule has 0 unspecified atom stereocenters. The van der Waals surface area contributed by atoms with Crippen LogP contribution < -0.4 is 0 Å². The van der Waals surface area contributed by atoms with Crippen molar-refractivity contribution in [1.82, 2.24) is 25.2 Å². The van der Waals surface area contributed by atoms with E-state index in [9.17, 15) is 4.79 Å². The number of tetrazole rings is 1. The largest absolute Gasteiger partial charge is 0.376 e. The molecule has 1 aliphatic heterocycles. The Labute approximate surface area is 155 Å². The van der Waals surface area contributed by atoms with Crippen LogP contribution in [0.3, 0.4) is 0 Å². The summed E-state index contributed by atoms with van der Waals surface area (Å²) in [6, 6.07) is 6.08. The average Bonchev–Trinajstić information content (AvgIpc) is 3.40. The molecule has 1 saturated heterocycles. The molecule has 7 nitrogen and oxygen atoms in total. The van der Waals surface area contributed by atoms with E-state index in [2.05, 4.69) is 33.5 Å². The SMILES string of the molecule is CCc1cccc2c(C(=O)CSc3nnnn3C[C@@H]3CCCO3)c[nH]c12. The zero-order valence-electron chi connectivity index (χ0n) is 14.6. The molecule has 4 rings (SSSR count). The summed E-state index contributed by atoms with van der Waals surface area (Å²) in [5.41, 5.74) is 2.99. The minimum absolute atomic E-state index is 0.0705. The van der Waals surface area contributed by atoms with Crippen LogP contribution in [0.4, 0.5) is 0 Å². The van der Waals surface area contributed by atoms with Gasteiger partial charge in [-0.05, 0) is 35.3 Å². The summed E-state index contributed by atoms with van der Waals surface area (Å²) < 4.78 is 7.37. The number of nitrogens with zero attached hydrogens (tertiary/aromatic N) is 4. The van der Waals surface area contributed by atoms with Crippen molar-refractivity contribution in [1.29, 1.82) is 0 Å². The van der Waals surface area contributed by atoms with Gasteiger partial charge in [-0.25, -0.2) is 4.68 Å². The Hall–Kier alpha value is -2.19. The maximum Gasteiger partial charge on any atom is 0.209 e. The maximum absolute atomic E-state index is 12.7. The number of ether oxygens (including phenoxy) is 1. The van der Waals surface area contributed by atoms with Crippen molar-refractivity contribution in [3.63, 3.8) is 0 Å². The van der Waals surface area contributed by atoms with Crippen molar-refractivity contribution in [3.8, 4) is 0 Å². The molecular formula is C18H21N5O2S. The van der Waals surface area contributed by atoms with Gasteiger partial charge >= 0.3 is 0 Å². The molecule has 1 fully saturated rings. The van der Waals surface area contributed by atoms with Gasteiger partial charge in [0.05, 0.1) is 18.4 Å². The highest BCUT2D eigenvalue weighted by Gasteiger charge is 2.20. The number of carbonyl (C=O) groups is 1. The number of carbonyl (C=O) groups excluding carboxylic acids is 1. The Morgan fingerprint density at radius 1 is 1.46 bits per heavy atom. The fourth-order valence-corrected chi connectivity index (χ4v) is 4.12. The van der Waals surface area contributed by atoms with Gasteiger partial charge in [-0.1, -0.05) is 36.9 Å². The number of nitrogens with one attached hydrogen (secondary N) is 1. The molecule has 0 bridgehead atoms. The molecule has 0 amide bonds. The van der Waals surface area contributed by atoms with Gasteiger partial charge in [0.15, 0.2) is 5.78 Å². The molecule has 0 saturated carbocycles. The molecule has 0 spiro atoms. The van der Waals surface area contributed by atoms with E-state index in [0.717, 1.165) is 42.3 Å². The second-order valence-electron chi connectivity index (χ2n) is 6.39. The van der Waals surface area contributed by atoms with E-state index in [0.29, 0.717) is 17.5 Å². The lowest BCUT2D eigenvalue weighted by molar-refractivity contribution is 0.0912. The number of H-pyrrole nitrogens is 1. The van der Waals surface area contributed by atoms with Gasteiger partial charge in [-0.2, -0.15) is 0 Å². The number of para-hydroxylation sites is 1. The van der Waals surface area contributed by atoms with Crippen molar-refractivity contribution in [2.45, 2.75) is 44.0 Å². The number of benzene rings is 1. The van der Waals surface area contributed by atoms with Gasteiger partial charge in [0, 0.05) is 29.3 Å². The van der Waals surface area contributed by atoms with E-state index in [-0.39, 0.29) is 11.9 Å². The van der Waals surface area contributed by atoms with Crippen LogP contribution in [0.2, 0.25) is 0 Å². The average molecular weight is 371 g/mol. The Morgan fingerprint density at radius 2 is 2.38 bits per heavy atom. The molecule has 0 aliphatic carbocycles. The van der Waals surface area contributed by atoms with Crippen LogP contribution in [0.1, 0.15) is 35.7 Å². The fraction of sp³-hybridized carbons (Fsp3) is 0.444. The third kappa shape index (κ3) is 3.39. The second kappa shape index (κ2) is 7.59. The van der Waals surface area contributed by atoms with Gasteiger partial charge in [0.2, 0.25) is 5.16 Å². The van der Waals surface area contributed by atoms with Gasteiger partial charge in [0.1, 0.15) is 0 Å². The summed E-state index contributed by atoms with van der Waals surface area (Å²) in [7, 11) is 0. The van der Waals surface area contributed by atoms with Crippen LogP contribution in [-0.2, 0) is 17.7 Å². The number of aromatic amines is 1. The fourth-order valence-electron chi connectivity index (χ4n) is 3.35. The zero-order valence-corrected chi connectivity index (χ0v) is 15.5. The molecule has 0 radical (unpaired) electrons. The first-order valence-electron chi connectivity index (χ1n) is 8.89. The van der Waals surface area contributed by atoms with Crippen LogP contribution >= 0.6 is 11.8 Å². The molecule has 136 valence electrons. The molecule has 1 atom stereocenters. The third-order valence-electron chi connectivity index (χ3n) is 4.72. The predicted octanol–water partition coefficient (Wildman–Crippen LogP) is 2.87. The van der Waals surface area contributed by atoms with Crippen LogP contribution in [0, 0.1) is 0 Å². The quantitative estimate of drug-likeness (QED) is 0.508. The molecule has 1 aromatic carbocycles. The van der Waals surface area contributed by atoms with Crippen molar-refractivity contribution < 1.29 is 9.53 Å². The molecule has 26 heavy (non-hydrogen) atoms. The highest BCUT2D eigenvalue weighted by molar-refractivity contribution is 7.99. The minimum Gasteiger partial charge on any atom is -0.376 e. The Balaban J connectivity index is 1.46. The van der Waals surface area contributed by atoms with Crippen LogP contribution in [0.25, 0.3) is 10.9 Å². The van der Waals surface area contributed by atoms with Gasteiger partial charge in [0.25, 0.3) is 0 Å². The topological polar surface area (TPSA) is 85.7 Å². The molecular weight excluding hydrogens is 350 g/mol. The van der Waals surface area contributed by atoms with E-state index in [4.69, 9.17) is 4.74 Å². The number of ketones is 1. The van der Waals surface area contributed by atoms with Crippen molar-refractivity contribution in [3.05, 3.63) is 35.5 Å². The first kappa shape index (κ1) is 17.2. The molecule has 1 N–H and O–H groups in total. The number of hydrogen-bond donors (Lipinski definition) is 1. The summed E-state index contributed by atoms with van der Waals surface area (Å²) in [5, 5.41) is 13.5. The molecule has 8 heteroatoms. The van der Waals surface area contributed by atoms with Crippen LogP contribution in [0.15, 0.2) is 29.6 Å². The predicted molar refractivity (Wildman–Crippen MR) is 99.5 cm³/mol. The maximum atomic E-state index is 12.7. The molecule has 3 heterocycles. The minimum atomic E-state index is 0.0705. The lowest BCUT2D eigenvalue weighted by Gasteiger charge is -2.09. The number of aromatic nitrogens is 5. The first-order chi connectivity index (χ1) is 12.8. The van der Waals surface area contributed by atoms with Gasteiger partial charge in [-0.3, -0.25) is 4.79 Å². The van der Waals surface area contributed by atoms with E-state index in [1.54, 1.807) is 4.68 Å². The lowest BCUT2D eigenvalue weighted by Crippen LogP contribution is -2.17. The molecule has 1 aliphatic rings. The number of thioether (sulfide) groups is 1. The summed E-state index contributed by atoms with van der Waals surface area (Å²) >= 11 is 1.37. The number of hydrogen-bond acceptors (Lipinski definition) is 6. The van der Waals surface area contributed by atoms with Crippen LogP contribution in [0.5, 0.6) is 0 Å². The number of rotatable bonds is 7. The Morgan fingerprint density at radius 3 is 3.19 bits per heavy atom. The lowest BCUT2D eigenvalue weighted by atomic mass is 10.1. The number of aryl methyl sites for hydroxylation is 1. The highest BCUT2D eigenvalue weighted by atomic mass is 32.2. The zero-order chi connectivity index (χ0) is 17.9. The third-order valence-corrected chi connectivity index (χ3v) is 5.67. The monoisotopic (exact) mass is 371 g/mol. The van der Waals surface area contributed by atoms with Crippen LogP contribution in [-0.4, -0.2) is 49.4 Å². The van der Waals surface area contributed by atoms with Gasteiger partial charge < -0.3 is 9.72 Å². The van der Waals surface area contributed by atoms with Crippen molar-refractivity contribution in [2.24, 2.45) is 0 Å². The smallest absolute Gasteiger partial charge is 0.209 e. The first-order valence-corrected chi connectivity index (χ1v) is 9.87. The Bertz CT molecular complexity index is 913. The van der Waals surface area contributed by atoms with E-state index in [1.165, 1.54) is 17.3 Å². The summed E-state index contributed by atoms with van der Waals surface area (Å²) in [5.74, 6) is 0.371. The number of Topliss-reactive ketones (excluding diaryl/α,β-unsaturated/α-hetero) is 1. The normalized spacial score (nSPS) is 17.2. The highest BCUT2D eigenvalue weighted by Crippen LogP contribution is 2.25. The van der Waals surface area contributed by atoms with Crippen molar-refractivity contribution >= 4 is 28.4 Å². The van der Waals surface area contributed by atoms with Gasteiger partial charge in [-0.15, -0.1) is 5.10 Å². The molecule has 3 aromatic rings. The van der Waals surface area contributed by atoms with E-state index in [1.807, 2.05) is 18.3 Å². The summed E-state index contributed by atoms with van der Waals surface area (Å²) in [6.07, 6.45) is 5.00. The van der Waals surface area contributed by atoms with Crippen molar-refractivity contribution in [2.75, 3.05) is 12.4 Å². The standard InChI is InChI=1S/C18H21N5O2S/c1-2-12-5-3-7-14-15(9-19-17(12)14)16(24)11-26-18-20-21-22-23(18)10-13-6-4-8-25-13/h3,5,7,9,13,19H,2,4,6,8,10-11H2,1H3/t13-/m0/s1. The Kier molecular flexibility index (Phi) is 5.03.